The Kier molecular flexibility index (Phi) is 6.57. The number of hydrogen-bond donors (Lipinski definition) is 1. The number of ether oxygens (including phenoxy) is 2. The molecule has 1 heterocycles. The molecular formula is C24H25NO5. The van der Waals surface area contributed by atoms with Gasteiger partial charge in [0.05, 0.1) is 0 Å². The van der Waals surface area contributed by atoms with Crippen LogP contribution in [0.15, 0.2) is 65.1 Å². The number of carboxylic acid groups (broad SMARTS) is 1. The Morgan fingerprint density at radius 3 is 2.43 bits per heavy atom. The van der Waals surface area contributed by atoms with Gasteiger partial charge in [0.15, 0.2) is 11.5 Å². The molecule has 1 aromatic heterocycles. The van der Waals surface area contributed by atoms with Crippen molar-refractivity contribution in [2.75, 3.05) is 6.61 Å². The van der Waals surface area contributed by atoms with Gasteiger partial charge in [-0.15, -0.1) is 0 Å². The summed E-state index contributed by atoms with van der Waals surface area (Å²) >= 11 is 0. The van der Waals surface area contributed by atoms with E-state index in [4.69, 9.17) is 19.0 Å². The zero-order valence-electron chi connectivity index (χ0n) is 17.3. The first-order valence-corrected chi connectivity index (χ1v) is 9.65. The van der Waals surface area contributed by atoms with E-state index in [-0.39, 0.29) is 0 Å². The summed E-state index contributed by atoms with van der Waals surface area (Å²) in [5, 5.41) is 9.12. The highest BCUT2D eigenvalue weighted by atomic mass is 16.5. The third kappa shape index (κ3) is 5.73. The molecule has 3 rings (SSSR count). The van der Waals surface area contributed by atoms with E-state index in [1.807, 2.05) is 49.4 Å². The molecule has 0 saturated heterocycles. The molecule has 0 radical (unpaired) electrons. The Bertz CT molecular complexity index is 1000. The van der Waals surface area contributed by atoms with Gasteiger partial charge >= 0.3 is 5.97 Å². The minimum Gasteiger partial charge on any atom is -0.490 e. The largest absolute Gasteiger partial charge is 0.490 e. The average Bonchev–Trinajstić information content (AvgIpc) is 3.06. The number of aliphatic carboxylic acids is 1. The molecule has 0 aliphatic rings. The number of benzene rings is 2. The van der Waals surface area contributed by atoms with Crippen molar-refractivity contribution >= 4 is 12.0 Å². The second kappa shape index (κ2) is 9.31. The predicted octanol–water partition coefficient (Wildman–Crippen LogP) is 4.91. The molecule has 6 heteroatoms. The second-order valence-electron chi connectivity index (χ2n) is 7.31. The maximum atomic E-state index is 11.1. The SMILES string of the molecule is Cc1oc(Cc2ccccc2)nc1/C=C/COc1ccc(OC(C)(C)C(=O)O)cc1. The Labute approximate surface area is 175 Å². The van der Waals surface area contributed by atoms with Gasteiger partial charge in [-0.3, -0.25) is 0 Å². The highest BCUT2D eigenvalue weighted by Crippen LogP contribution is 2.22. The number of aromatic nitrogens is 1. The number of nitrogens with zero attached hydrogens (tertiary/aromatic N) is 1. The summed E-state index contributed by atoms with van der Waals surface area (Å²) in [5.41, 5.74) is 0.640. The second-order valence-corrected chi connectivity index (χ2v) is 7.31. The van der Waals surface area contributed by atoms with Crippen LogP contribution in [0.3, 0.4) is 0 Å². The zero-order valence-corrected chi connectivity index (χ0v) is 17.3. The molecule has 0 saturated carbocycles. The van der Waals surface area contributed by atoms with Crippen LogP contribution in [0.2, 0.25) is 0 Å². The van der Waals surface area contributed by atoms with Gasteiger partial charge in [-0.25, -0.2) is 9.78 Å². The number of rotatable bonds is 9. The zero-order chi connectivity index (χ0) is 21.6. The summed E-state index contributed by atoms with van der Waals surface area (Å²) in [6.45, 7) is 5.25. The molecule has 0 unspecified atom stereocenters. The van der Waals surface area contributed by atoms with Crippen LogP contribution >= 0.6 is 0 Å². The van der Waals surface area contributed by atoms with Crippen LogP contribution in [-0.4, -0.2) is 28.3 Å². The van der Waals surface area contributed by atoms with Gasteiger partial charge in [0.2, 0.25) is 0 Å². The van der Waals surface area contributed by atoms with Crippen molar-refractivity contribution in [3.63, 3.8) is 0 Å². The van der Waals surface area contributed by atoms with Crippen molar-refractivity contribution in [3.8, 4) is 11.5 Å². The normalized spacial score (nSPS) is 11.6. The van der Waals surface area contributed by atoms with Gasteiger partial charge in [0.25, 0.3) is 0 Å². The maximum Gasteiger partial charge on any atom is 0.347 e. The van der Waals surface area contributed by atoms with Crippen LogP contribution in [0.4, 0.5) is 0 Å². The smallest absolute Gasteiger partial charge is 0.347 e. The van der Waals surface area contributed by atoms with Gasteiger partial charge in [-0.2, -0.15) is 0 Å². The van der Waals surface area contributed by atoms with Crippen LogP contribution in [0.25, 0.3) is 6.08 Å². The summed E-state index contributed by atoms with van der Waals surface area (Å²) < 4.78 is 16.9. The van der Waals surface area contributed by atoms with Gasteiger partial charge in [0.1, 0.15) is 29.6 Å². The first-order chi connectivity index (χ1) is 14.3. The van der Waals surface area contributed by atoms with E-state index >= 15 is 0 Å². The molecule has 0 aliphatic heterocycles. The highest BCUT2D eigenvalue weighted by molar-refractivity contribution is 5.76. The van der Waals surface area contributed by atoms with Crippen LogP contribution in [0, 0.1) is 6.92 Å². The van der Waals surface area contributed by atoms with Crippen LogP contribution in [0.1, 0.15) is 36.8 Å². The third-order valence-corrected chi connectivity index (χ3v) is 4.41. The summed E-state index contributed by atoms with van der Waals surface area (Å²) in [5.74, 6) is 1.54. The summed E-state index contributed by atoms with van der Waals surface area (Å²) in [4.78, 5) is 15.7. The molecule has 0 aliphatic carbocycles. The fourth-order valence-electron chi connectivity index (χ4n) is 2.71. The predicted molar refractivity (Wildman–Crippen MR) is 114 cm³/mol. The van der Waals surface area contributed by atoms with Crippen LogP contribution < -0.4 is 9.47 Å². The van der Waals surface area contributed by atoms with Gasteiger partial charge in [-0.05, 0) is 62.8 Å². The quantitative estimate of drug-likeness (QED) is 0.543. The number of carboxylic acids is 1. The van der Waals surface area contributed by atoms with Crippen molar-refractivity contribution in [3.05, 3.63) is 83.6 Å². The summed E-state index contributed by atoms with van der Waals surface area (Å²) in [6.07, 6.45) is 4.40. The Morgan fingerprint density at radius 2 is 1.77 bits per heavy atom. The number of carbonyl (C=O) groups is 1. The summed E-state index contributed by atoms with van der Waals surface area (Å²) in [6, 6.07) is 16.9. The van der Waals surface area contributed by atoms with Crippen LogP contribution in [0.5, 0.6) is 11.5 Å². The lowest BCUT2D eigenvalue weighted by atomic mass is 10.1. The van der Waals surface area contributed by atoms with E-state index in [9.17, 15) is 4.79 Å². The minimum atomic E-state index is -1.29. The monoisotopic (exact) mass is 407 g/mol. The molecule has 2 aromatic carbocycles. The highest BCUT2D eigenvalue weighted by Gasteiger charge is 2.29. The minimum absolute atomic E-state index is 0.362. The van der Waals surface area contributed by atoms with Gasteiger partial charge < -0.3 is 19.0 Å². The van der Waals surface area contributed by atoms with E-state index in [1.165, 1.54) is 13.8 Å². The standard InChI is InChI=1S/C24H25NO5/c1-17-21(25-22(29-17)16-18-8-5-4-6-9-18)10-7-15-28-19-11-13-20(14-12-19)30-24(2,3)23(26)27/h4-14H,15-16H2,1-3H3,(H,26,27)/b10-7+. The topological polar surface area (TPSA) is 81.8 Å². The van der Waals surface area contributed by atoms with E-state index in [0.717, 1.165) is 17.0 Å². The van der Waals surface area contributed by atoms with Crippen LogP contribution in [-0.2, 0) is 11.2 Å². The van der Waals surface area contributed by atoms with Crippen molar-refractivity contribution in [2.45, 2.75) is 32.8 Å². The first kappa shape index (κ1) is 21.2. The van der Waals surface area contributed by atoms with Crippen molar-refractivity contribution in [2.24, 2.45) is 0 Å². The van der Waals surface area contributed by atoms with Gasteiger partial charge in [-0.1, -0.05) is 30.3 Å². The molecule has 156 valence electrons. The lowest BCUT2D eigenvalue weighted by Crippen LogP contribution is -2.37. The molecule has 6 nitrogen and oxygen atoms in total. The molecule has 0 atom stereocenters. The fraction of sp³-hybridized carbons (Fsp3) is 0.250. The number of oxazole rings is 1. The lowest BCUT2D eigenvalue weighted by Gasteiger charge is -2.21. The molecule has 3 aromatic rings. The maximum absolute atomic E-state index is 11.1. The molecular weight excluding hydrogens is 382 g/mol. The average molecular weight is 407 g/mol. The molecule has 0 fully saturated rings. The first-order valence-electron chi connectivity index (χ1n) is 9.65. The Hall–Kier alpha value is -3.54. The Morgan fingerprint density at radius 1 is 1.10 bits per heavy atom. The van der Waals surface area contributed by atoms with E-state index < -0.39 is 11.6 Å². The van der Waals surface area contributed by atoms with E-state index in [1.54, 1.807) is 24.3 Å². The molecule has 0 bridgehead atoms. The molecule has 30 heavy (non-hydrogen) atoms. The summed E-state index contributed by atoms with van der Waals surface area (Å²) in [7, 11) is 0. The lowest BCUT2D eigenvalue weighted by molar-refractivity contribution is -0.152. The van der Waals surface area contributed by atoms with Crippen molar-refractivity contribution in [1.29, 1.82) is 0 Å². The van der Waals surface area contributed by atoms with Gasteiger partial charge in [0, 0.05) is 6.42 Å². The number of aryl methyl sites for hydroxylation is 1. The number of hydrogen-bond acceptors (Lipinski definition) is 5. The van der Waals surface area contributed by atoms with Crippen molar-refractivity contribution in [1.82, 2.24) is 4.98 Å². The van der Waals surface area contributed by atoms with E-state index in [2.05, 4.69) is 4.98 Å². The van der Waals surface area contributed by atoms with E-state index in [0.29, 0.717) is 30.4 Å². The molecule has 1 N–H and O–H groups in total. The Balaban J connectivity index is 1.52. The fourth-order valence-corrected chi connectivity index (χ4v) is 2.71. The third-order valence-electron chi connectivity index (χ3n) is 4.41. The molecule has 0 amide bonds. The van der Waals surface area contributed by atoms with Crippen molar-refractivity contribution < 1.29 is 23.8 Å². The molecule has 0 spiro atoms.